The maximum atomic E-state index is 13.1. The van der Waals surface area contributed by atoms with Crippen LogP contribution in [0.25, 0.3) is 5.76 Å². The monoisotopic (exact) mass is 298 g/mol. The number of alkyl halides is 1. The summed E-state index contributed by atoms with van der Waals surface area (Å²) in [5.41, 5.74) is 0. The van der Waals surface area contributed by atoms with Crippen LogP contribution in [0.1, 0.15) is 37.7 Å². The Balaban J connectivity index is 2.60. The molecule has 0 radical (unpaired) electrons. The second-order valence-electron chi connectivity index (χ2n) is 4.55. The first-order valence-electron chi connectivity index (χ1n) is 6.74. The molecule has 0 aliphatic rings. The molecule has 0 aliphatic carbocycles. The van der Waals surface area contributed by atoms with Crippen LogP contribution in [0.15, 0.2) is 22.6 Å². The van der Waals surface area contributed by atoms with Gasteiger partial charge in [0.2, 0.25) is 0 Å². The molecule has 1 unspecified atom stereocenters. The molecule has 1 atom stereocenters. The van der Waals surface area contributed by atoms with Gasteiger partial charge in [-0.15, -0.1) is 0 Å². The van der Waals surface area contributed by atoms with Gasteiger partial charge in [-0.3, -0.25) is 4.79 Å². The molecule has 1 aromatic heterocycles. The lowest BCUT2D eigenvalue weighted by Crippen LogP contribution is -2.12. The Labute approximate surface area is 122 Å². The lowest BCUT2D eigenvalue weighted by Gasteiger charge is -2.02. The first-order chi connectivity index (χ1) is 9.97. The van der Waals surface area contributed by atoms with E-state index >= 15 is 0 Å². The summed E-state index contributed by atoms with van der Waals surface area (Å²) in [6.45, 7) is 1.79. The number of carbonyl (C=O) groups excluding carboxylic acids is 2. The van der Waals surface area contributed by atoms with E-state index in [2.05, 4.69) is 4.74 Å². The normalized spacial score (nSPS) is 13.0. The number of aryl methyl sites for hydroxylation is 1. The van der Waals surface area contributed by atoms with Crippen molar-refractivity contribution in [2.75, 3.05) is 7.11 Å². The van der Waals surface area contributed by atoms with Crippen molar-refractivity contribution < 1.29 is 28.2 Å². The molecule has 0 fully saturated rings. The SMILES string of the molecule is CCC(F)CCCc1ccc(C(O)=CC(=O)C(=O)OC)o1. The van der Waals surface area contributed by atoms with Crippen LogP contribution in [-0.2, 0) is 20.7 Å². The quantitative estimate of drug-likeness (QED) is 0.345. The van der Waals surface area contributed by atoms with E-state index in [9.17, 15) is 19.1 Å². The van der Waals surface area contributed by atoms with E-state index in [0.717, 1.165) is 13.2 Å². The number of hydrogen-bond acceptors (Lipinski definition) is 5. The van der Waals surface area contributed by atoms with Gasteiger partial charge in [0, 0.05) is 12.5 Å². The topological polar surface area (TPSA) is 76.7 Å². The Bertz CT molecular complexity index is 518. The third-order valence-corrected chi connectivity index (χ3v) is 2.95. The highest BCUT2D eigenvalue weighted by molar-refractivity contribution is 6.39. The first kappa shape index (κ1) is 16.9. The highest BCUT2D eigenvalue weighted by atomic mass is 19.1. The van der Waals surface area contributed by atoms with Crippen molar-refractivity contribution in [1.82, 2.24) is 0 Å². The van der Waals surface area contributed by atoms with E-state index in [0.29, 0.717) is 31.4 Å². The summed E-state index contributed by atoms with van der Waals surface area (Å²) < 4.78 is 22.6. The number of ketones is 1. The molecule has 0 aliphatic heterocycles. The molecular formula is C15H19FO5. The summed E-state index contributed by atoms with van der Waals surface area (Å²) in [6.07, 6.45) is 2.04. The van der Waals surface area contributed by atoms with Crippen molar-refractivity contribution >= 4 is 17.5 Å². The first-order valence-corrected chi connectivity index (χ1v) is 6.74. The lowest BCUT2D eigenvalue weighted by molar-refractivity contribution is -0.149. The number of hydrogen-bond donors (Lipinski definition) is 1. The number of methoxy groups -OCH3 is 1. The van der Waals surface area contributed by atoms with Crippen molar-refractivity contribution in [3.05, 3.63) is 29.7 Å². The molecule has 21 heavy (non-hydrogen) atoms. The van der Waals surface area contributed by atoms with Crippen LogP contribution in [-0.4, -0.2) is 30.1 Å². The number of aliphatic hydroxyl groups is 1. The highest BCUT2D eigenvalue weighted by Crippen LogP contribution is 2.18. The van der Waals surface area contributed by atoms with Gasteiger partial charge < -0.3 is 14.3 Å². The molecule has 1 rings (SSSR count). The minimum Gasteiger partial charge on any atom is -0.504 e. The zero-order valence-corrected chi connectivity index (χ0v) is 12.1. The van der Waals surface area contributed by atoms with Gasteiger partial charge in [0.1, 0.15) is 5.76 Å². The Hall–Kier alpha value is -2.11. The number of carbonyl (C=O) groups is 2. The molecular weight excluding hydrogens is 279 g/mol. The molecule has 0 bridgehead atoms. The Morgan fingerprint density at radius 2 is 2.19 bits per heavy atom. The molecule has 0 spiro atoms. The fourth-order valence-corrected chi connectivity index (χ4v) is 1.71. The lowest BCUT2D eigenvalue weighted by atomic mass is 10.1. The van der Waals surface area contributed by atoms with Crippen molar-refractivity contribution in [2.24, 2.45) is 0 Å². The number of esters is 1. The second kappa shape index (κ2) is 8.24. The van der Waals surface area contributed by atoms with Crippen molar-refractivity contribution in [3.63, 3.8) is 0 Å². The van der Waals surface area contributed by atoms with E-state index < -0.39 is 23.7 Å². The van der Waals surface area contributed by atoms with Crippen LogP contribution in [0.4, 0.5) is 4.39 Å². The average Bonchev–Trinajstić information content (AvgIpc) is 2.94. The van der Waals surface area contributed by atoms with Crippen LogP contribution in [0.5, 0.6) is 0 Å². The highest BCUT2D eigenvalue weighted by Gasteiger charge is 2.14. The fraction of sp³-hybridized carbons (Fsp3) is 0.467. The van der Waals surface area contributed by atoms with Gasteiger partial charge in [0.15, 0.2) is 11.5 Å². The minimum absolute atomic E-state index is 0.0783. The van der Waals surface area contributed by atoms with E-state index in [-0.39, 0.29) is 5.76 Å². The van der Waals surface area contributed by atoms with Crippen molar-refractivity contribution in [1.29, 1.82) is 0 Å². The third kappa shape index (κ3) is 5.41. The van der Waals surface area contributed by atoms with Crippen LogP contribution in [0.3, 0.4) is 0 Å². The Kier molecular flexibility index (Phi) is 6.65. The smallest absolute Gasteiger partial charge is 0.378 e. The molecule has 0 saturated heterocycles. The summed E-state index contributed by atoms with van der Waals surface area (Å²) in [4.78, 5) is 22.2. The van der Waals surface area contributed by atoms with E-state index in [1.165, 1.54) is 6.07 Å². The van der Waals surface area contributed by atoms with E-state index in [4.69, 9.17) is 4.42 Å². The van der Waals surface area contributed by atoms with Gasteiger partial charge in [-0.1, -0.05) is 6.92 Å². The van der Waals surface area contributed by atoms with Gasteiger partial charge in [-0.05, 0) is 31.4 Å². The molecule has 1 heterocycles. The fourth-order valence-electron chi connectivity index (χ4n) is 1.71. The predicted molar refractivity (Wildman–Crippen MR) is 74.5 cm³/mol. The summed E-state index contributed by atoms with van der Waals surface area (Å²) >= 11 is 0. The molecule has 1 aromatic rings. The molecule has 5 nitrogen and oxygen atoms in total. The van der Waals surface area contributed by atoms with E-state index in [1.807, 2.05) is 0 Å². The van der Waals surface area contributed by atoms with E-state index in [1.54, 1.807) is 13.0 Å². The van der Waals surface area contributed by atoms with Crippen molar-refractivity contribution in [2.45, 2.75) is 38.8 Å². The Morgan fingerprint density at radius 3 is 2.81 bits per heavy atom. The summed E-state index contributed by atoms with van der Waals surface area (Å²) in [7, 11) is 1.07. The molecule has 116 valence electrons. The average molecular weight is 298 g/mol. The van der Waals surface area contributed by atoms with Crippen LogP contribution in [0.2, 0.25) is 0 Å². The molecule has 0 saturated carbocycles. The summed E-state index contributed by atoms with van der Waals surface area (Å²) in [5.74, 6) is -1.83. The molecule has 0 amide bonds. The van der Waals surface area contributed by atoms with Gasteiger partial charge in [-0.2, -0.15) is 0 Å². The van der Waals surface area contributed by atoms with Gasteiger partial charge in [0.25, 0.3) is 5.78 Å². The van der Waals surface area contributed by atoms with Crippen LogP contribution >= 0.6 is 0 Å². The minimum atomic E-state index is -1.07. The third-order valence-electron chi connectivity index (χ3n) is 2.95. The number of halogens is 1. The maximum Gasteiger partial charge on any atom is 0.378 e. The zero-order valence-electron chi connectivity index (χ0n) is 12.1. The van der Waals surface area contributed by atoms with Crippen LogP contribution in [0, 0.1) is 0 Å². The van der Waals surface area contributed by atoms with Gasteiger partial charge in [0.05, 0.1) is 13.3 Å². The van der Waals surface area contributed by atoms with Gasteiger partial charge >= 0.3 is 5.97 Å². The van der Waals surface area contributed by atoms with Crippen molar-refractivity contribution in [3.8, 4) is 0 Å². The Morgan fingerprint density at radius 1 is 1.48 bits per heavy atom. The zero-order chi connectivity index (χ0) is 15.8. The molecule has 6 heteroatoms. The second-order valence-corrected chi connectivity index (χ2v) is 4.55. The summed E-state index contributed by atoms with van der Waals surface area (Å²) in [5, 5.41) is 9.68. The van der Waals surface area contributed by atoms with Crippen LogP contribution < -0.4 is 0 Å². The molecule has 1 N–H and O–H groups in total. The van der Waals surface area contributed by atoms with Gasteiger partial charge in [-0.25, -0.2) is 9.18 Å². The largest absolute Gasteiger partial charge is 0.504 e. The number of furan rings is 1. The standard InChI is InChI=1S/C15H19FO5/c1-3-10(16)5-4-6-11-7-8-14(21-11)12(17)9-13(18)15(19)20-2/h7-10,17H,3-6H2,1-2H3. The number of ether oxygens (including phenoxy) is 1. The predicted octanol–water partition coefficient (Wildman–Crippen LogP) is 2.99. The maximum absolute atomic E-state index is 13.1. The number of aliphatic hydroxyl groups excluding tert-OH is 1. The molecule has 0 aromatic carbocycles. The number of rotatable bonds is 8. The summed E-state index contributed by atoms with van der Waals surface area (Å²) in [6, 6.07) is 3.12.